The van der Waals surface area contributed by atoms with Crippen molar-refractivity contribution in [3.8, 4) is 0 Å². The van der Waals surface area contributed by atoms with Crippen LogP contribution < -0.4 is 5.73 Å². The van der Waals surface area contributed by atoms with Crippen LogP contribution in [-0.4, -0.2) is 23.0 Å². The van der Waals surface area contributed by atoms with Gasteiger partial charge in [0.05, 0.1) is 0 Å². The molecule has 78 valence electrons. The molecule has 0 aliphatic heterocycles. The minimum atomic E-state index is 0.505. The number of anilines is 1. The monoisotopic (exact) mass is 211 g/mol. The third-order valence-electron chi connectivity index (χ3n) is 2.97. The van der Waals surface area contributed by atoms with Crippen LogP contribution in [0, 0.1) is 5.41 Å². The van der Waals surface area contributed by atoms with Crippen LogP contribution in [0.15, 0.2) is 6.20 Å². The minimum absolute atomic E-state index is 0.505. The molecular weight excluding hydrogens is 194 g/mol. The zero-order valence-electron chi connectivity index (χ0n) is 8.95. The van der Waals surface area contributed by atoms with Crippen molar-refractivity contribution in [3.05, 3.63) is 11.1 Å². The molecule has 1 saturated carbocycles. The molecule has 0 amide bonds. The van der Waals surface area contributed by atoms with Crippen molar-refractivity contribution in [2.24, 2.45) is 5.41 Å². The van der Waals surface area contributed by atoms with Crippen molar-refractivity contribution in [1.29, 1.82) is 0 Å². The highest BCUT2D eigenvalue weighted by molar-refractivity contribution is 7.15. The summed E-state index contributed by atoms with van der Waals surface area (Å²) in [7, 11) is 2.18. The minimum Gasteiger partial charge on any atom is -0.375 e. The second kappa shape index (κ2) is 3.21. The Morgan fingerprint density at radius 3 is 2.79 bits per heavy atom. The van der Waals surface area contributed by atoms with Gasteiger partial charge in [0.15, 0.2) is 5.13 Å². The van der Waals surface area contributed by atoms with Crippen LogP contribution in [0.2, 0.25) is 0 Å². The highest BCUT2D eigenvalue weighted by atomic mass is 32.1. The Labute approximate surface area is 88.9 Å². The van der Waals surface area contributed by atoms with Crippen molar-refractivity contribution in [2.75, 3.05) is 12.8 Å². The van der Waals surface area contributed by atoms with Crippen LogP contribution in [0.5, 0.6) is 0 Å². The van der Waals surface area contributed by atoms with E-state index in [0.29, 0.717) is 10.5 Å². The normalized spacial score (nSPS) is 24.1. The van der Waals surface area contributed by atoms with Crippen molar-refractivity contribution in [3.63, 3.8) is 0 Å². The third-order valence-corrected chi connectivity index (χ3v) is 3.78. The van der Waals surface area contributed by atoms with Crippen LogP contribution in [0.4, 0.5) is 5.13 Å². The number of nitrogens with zero attached hydrogens (tertiary/aromatic N) is 2. The molecule has 0 saturated heterocycles. The maximum atomic E-state index is 5.59. The van der Waals surface area contributed by atoms with Gasteiger partial charge in [0.1, 0.15) is 0 Å². The van der Waals surface area contributed by atoms with Crippen LogP contribution >= 0.6 is 11.3 Å². The van der Waals surface area contributed by atoms with Crippen molar-refractivity contribution < 1.29 is 0 Å². The Hall–Kier alpha value is -0.610. The van der Waals surface area contributed by atoms with Gasteiger partial charge in [0, 0.05) is 23.7 Å². The summed E-state index contributed by atoms with van der Waals surface area (Å²) in [6.07, 6.45) is 3.18. The molecule has 1 aromatic heterocycles. The fraction of sp³-hybridized carbons (Fsp3) is 0.700. The third kappa shape index (κ3) is 1.91. The summed E-state index contributed by atoms with van der Waals surface area (Å²) in [5.41, 5.74) is 6.09. The quantitative estimate of drug-likeness (QED) is 0.831. The molecule has 1 atom stereocenters. The molecule has 1 aliphatic carbocycles. The van der Waals surface area contributed by atoms with E-state index in [1.54, 1.807) is 11.3 Å². The predicted molar refractivity (Wildman–Crippen MR) is 60.2 cm³/mol. The van der Waals surface area contributed by atoms with Gasteiger partial charge < -0.3 is 5.73 Å². The molecular formula is C10H17N3S. The second-order valence-corrected chi connectivity index (χ2v) is 5.94. The predicted octanol–water partition coefficient (Wildman–Crippen LogP) is 1.96. The number of nitrogens with two attached hydrogens (primary N) is 1. The van der Waals surface area contributed by atoms with Crippen molar-refractivity contribution in [2.45, 2.75) is 32.9 Å². The van der Waals surface area contributed by atoms with Crippen LogP contribution in [-0.2, 0) is 6.54 Å². The number of hydrogen-bond acceptors (Lipinski definition) is 4. The van der Waals surface area contributed by atoms with Gasteiger partial charge in [-0.1, -0.05) is 13.8 Å². The molecule has 0 spiro atoms. The summed E-state index contributed by atoms with van der Waals surface area (Å²) >= 11 is 1.59. The van der Waals surface area contributed by atoms with Gasteiger partial charge in [0.25, 0.3) is 0 Å². The Kier molecular flexibility index (Phi) is 2.27. The molecule has 1 aliphatic rings. The maximum Gasteiger partial charge on any atom is 0.180 e. The van der Waals surface area contributed by atoms with E-state index in [0.717, 1.165) is 12.6 Å². The van der Waals surface area contributed by atoms with Crippen molar-refractivity contribution in [1.82, 2.24) is 9.88 Å². The lowest BCUT2D eigenvalue weighted by Gasteiger charge is -2.17. The van der Waals surface area contributed by atoms with Gasteiger partial charge in [-0.2, -0.15) is 0 Å². The largest absolute Gasteiger partial charge is 0.375 e. The smallest absolute Gasteiger partial charge is 0.180 e. The van der Waals surface area contributed by atoms with Crippen LogP contribution in [0.25, 0.3) is 0 Å². The topological polar surface area (TPSA) is 42.2 Å². The van der Waals surface area contributed by atoms with E-state index in [-0.39, 0.29) is 0 Å². The van der Waals surface area contributed by atoms with Gasteiger partial charge in [-0.15, -0.1) is 11.3 Å². The first-order valence-electron chi connectivity index (χ1n) is 4.89. The summed E-state index contributed by atoms with van der Waals surface area (Å²) < 4.78 is 0. The van der Waals surface area contributed by atoms with Crippen LogP contribution in [0.1, 0.15) is 25.1 Å². The van der Waals surface area contributed by atoms with Gasteiger partial charge in [-0.25, -0.2) is 4.98 Å². The van der Waals surface area contributed by atoms with E-state index in [2.05, 4.69) is 30.8 Å². The average Bonchev–Trinajstić information content (AvgIpc) is 2.51. The van der Waals surface area contributed by atoms with Gasteiger partial charge in [-0.05, 0) is 18.9 Å². The Bertz CT molecular complexity index is 332. The van der Waals surface area contributed by atoms with E-state index in [9.17, 15) is 0 Å². The van der Waals surface area contributed by atoms with E-state index in [1.807, 2.05) is 6.20 Å². The molecule has 2 rings (SSSR count). The molecule has 14 heavy (non-hydrogen) atoms. The first-order valence-corrected chi connectivity index (χ1v) is 5.71. The average molecular weight is 211 g/mol. The molecule has 0 bridgehead atoms. The molecule has 1 heterocycles. The Morgan fingerprint density at radius 1 is 1.71 bits per heavy atom. The number of thiazole rings is 1. The summed E-state index contributed by atoms with van der Waals surface area (Å²) in [6, 6.07) is 0.728. The highest BCUT2D eigenvalue weighted by Gasteiger charge is 2.47. The fourth-order valence-corrected chi connectivity index (χ4v) is 2.69. The molecule has 3 nitrogen and oxygen atoms in total. The molecule has 1 fully saturated rings. The number of aromatic nitrogens is 1. The van der Waals surface area contributed by atoms with E-state index >= 15 is 0 Å². The fourth-order valence-electron chi connectivity index (χ4n) is 1.94. The first kappa shape index (κ1) is 9.93. The molecule has 4 heteroatoms. The summed E-state index contributed by atoms with van der Waals surface area (Å²) in [6.45, 7) is 5.60. The second-order valence-electron chi connectivity index (χ2n) is 4.79. The Morgan fingerprint density at radius 2 is 2.36 bits per heavy atom. The summed E-state index contributed by atoms with van der Waals surface area (Å²) in [5, 5.41) is 0.670. The zero-order valence-corrected chi connectivity index (χ0v) is 9.77. The van der Waals surface area contributed by atoms with Crippen molar-refractivity contribution >= 4 is 16.5 Å². The zero-order chi connectivity index (χ0) is 10.3. The van der Waals surface area contributed by atoms with E-state index in [1.165, 1.54) is 11.3 Å². The number of hydrogen-bond donors (Lipinski definition) is 1. The molecule has 1 aromatic rings. The summed E-state index contributed by atoms with van der Waals surface area (Å²) in [5.74, 6) is 0. The summed E-state index contributed by atoms with van der Waals surface area (Å²) in [4.78, 5) is 7.71. The van der Waals surface area contributed by atoms with Gasteiger partial charge in [-0.3, -0.25) is 4.90 Å². The van der Waals surface area contributed by atoms with E-state index < -0.39 is 0 Å². The SMILES string of the molecule is CN(Cc1cnc(N)s1)C1CC1(C)C. The lowest BCUT2D eigenvalue weighted by Crippen LogP contribution is -2.23. The number of nitrogen functional groups attached to an aromatic ring is 1. The molecule has 2 N–H and O–H groups in total. The standard InChI is InChI=1S/C10H17N3S/c1-10(2)4-8(10)13(3)6-7-5-12-9(11)14-7/h5,8H,4,6H2,1-3H3,(H2,11,12). The first-order chi connectivity index (χ1) is 6.49. The van der Waals surface area contributed by atoms with Crippen LogP contribution in [0.3, 0.4) is 0 Å². The van der Waals surface area contributed by atoms with Gasteiger partial charge in [0.2, 0.25) is 0 Å². The Balaban J connectivity index is 1.93. The number of rotatable bonds is 3. The molecule has 0 radical (unpaired) electrons. The molecule has 1 unspecified atom stereocenters. The van der Waals surface area contributed by atoms with Gasteiger partial charge >= 0.3 is 0 Å². The lowest BCUT2D eigenvalue weighted by molar-refractivity contribution is 0.282. The molecule has 0 aromatic carbocycles. The maximum absolute atomic E-state index is 5.59. The lowest BCUT2D eigenvalue weighted by atomic mass is 10.2. The van der Waals surface area contributed by atoms with E-state index in [4.69, 9.17) is 5.73 Å². The highest BCUT2D eigenvalue weighted by Crippen LogP contribution is 2.48.